The van der Waals surface area contributed by atoms with Crippen LogP contribution in [-0.2, 0) is 6.42 Å². The van der Waals surface area contributed by atoms with Crippen LogP contribution in [0.5, 0.6) is 0 Å². The van der Waals surface area contributed by atoms with Gasteiger partial charge in [-0.05, 0) is 18.6 Å². The van der Waals surface area contributed by atoms with E-state index in [1.54, 1.807) is 6.26 Å². The summed E-state index contributed by atoms with van der Waals surface area (Å²) in [6.45, 7) is 4.62. The van der Waals surface area contributed by atoms with E-state index in [9.17, 15) is 10.4 Å². The summed E-state index contributed by atoms with van der Waals surface area (Å²) in [7, 11) is 0. The van der Waals surface area contributed by atoms with Crippen LogP contribution in [0, 0.1) is 16.7 Å². The van der Waals surface area contributed by atoms with Gasteiger partial charge in [-0.25, -0.2) is 4.98 Å². The van der Waals surface area contributed by atoms with Crippen molar-refractivity contribution < 1.29 is 11.0 Å². The molecule has 0 aliphatic heterocycles. The van der Waals surface area contributed by atoms with Gasteiger partial charge in [0.1, 0.15) is 23.2 Å². The Labute approximate surface area is 142 Å². The summed E-state index contributed by atoms with van der Waals surface area (Å²) in [5.41, 5.74) is 0.147. The lowest BCUT2D eigenvalue weighted by Crippen LogP contribution is -2.57. The molecule has 2 heterocycles. The molecule has 24 heavy (non-hydrogen) atoms. The van der Waals surface area contributed by atoms with E-state index in [0.29, 0.717) is 30.3 Å². The fourth-order valence-electron chi connectivity index (χ4n) is 2.72. The molecule has 1 aliphatic rings. The molecular weight excluding hydrogens is 306 g/mol. The monoisotopic (exact) mass is 329 g/mol. The van der Waals surface area contributed by atoms with Crippen LogP contribution in [0.4, 0.5) is 11.8 Å². The predicted octanol–water partition coefficient (Wildman–Crippen LogP) is 2.41. The van der Waals surface area contributed by atoms with E-state index in [1.165, 1.54) is 6.20 Å². The summed E-state index contributed by atoms with van der Waals surface area (Å²) in [4.78, 5) is 8.57. The number of hydrogen-bond acceptors (Lipinski definition) is 7. The largest absolute Gasteiger partial charge is 0.469 e. The molecule has 1 saturated carbocycles. The van der Waals surface area contributed by atoms with Crippen LogP contribution in [-0.4, -0.2) is 33.8 Å². The predicted molar refractivity (Wildman–Crippen MR) is 91.6 cm³/mol. The fourth-order valence-corrected chi connectivity index (χ4v) is 2.72. The van der Waals surface area contributed by atoms with Gasteiger partial charge in [-0.2, -0.15) is 10.2 Å². The maximum absolute atomic E-state index is 9.85. The number of anilines is 2. The third-order valence-corrected chi connectivity index (χ3v) is 4.67. The highest BCUT2D eigenvalue weighted by molar-refractivity contribution is 5.54. The second-order valence-electron chi connectivity index (χ2n) is 6.59. The first-order chi connectivity index (χ1) is 11.5. The lowest BCUT2D eigenvalue weighted by molar-refractivity contribution is -0.0511. The first-order valence-electron chi connectivity index (χ1n) is 7.98. The zero-order valence-electron chi connectivity index (χ0n) is 13.8. The van der Waals surface area contributed by atoms with Gasteiger partial charge in [0.15, 0.2) is 0 Å². The van der Waals surface area contributed by atoms with Crippen molar-refractivity contribution >= 4 is 11.8 Å². The van der Waals surface area contributed by atoms with Crippen molar-refractivity contribution in [3.63, 3.8) is 0 Å². The van der Waals surface area contributed by atoms with Crippen LogP contribution in [0.15, 0.2) is 29.0 Å². The van der Waals surface area contributed by atoms with Crippen LogP contribution in [0.2, 0.25) is 0 Å². The van der Waals surface area contributed by atoms with E-state index in [4.69, 9.17) is 4.42 Å². The summed E-state index contributed by atoms with van der Waals surface area (Å²) in [5.74, 6) is 1.85. The van der Waals surface area contributed by atoms with Gasteiger partial charge in [0.05, 0.1) is 18.6 Å². The van der Waals surface area contributed by atoms with Gasteiger partial charge in [0, 0.05) is 25.8 Å². The molecule has 7 heteroatoms. The van der Waals surface area contributed by atoms with E-state index in [-0.39, 0.29) is 19.0 Å². The molecule has 3 N–H and O–H groups in total. The minimum Gasteiger partial charge on any atom is -0.469 e. The Kier molecular flexibility index (Phi) is 4.40. The van der Waals surface area contributed by atoms with E-state index in [0.717, 1.165) is 12.2 Å². The lowest BCUT2D eigenvalue weighted by atomic mass is 9.64. The highest BCUT2D eigenvalue weighted by Gasteiger charge is 2.47. The molecule has 1 fully saturated rings. The quantitative estimate of drug-likeness (QED) is 0.747. The van der Waals surface area contributed by atoms with Gasteiger partial charge in [-0.15, -0.1) is 0 Å². The molecule has 0 radical (unpaired) electrons. The lowest BCUT2D eigenvalue weighted by Gasteiger charge is -2.49. The molecule has 2 atom stereocenters. The van der Waals surface area contributed by atoms with Gasteiger partial charge in [-0.3, -0.25) is 0 Å². The van der Waals surface area contributed by atoms with E-state index < -0.39 is 0 Å². The van der Waals surface area contributed by atoms with Crippen molar-refractivity contribution in [1.29, 1.82) is 5.26 Å². The maximum Gasteiger partial charge on any atom is 0.224 e. The van der Waals surface area contributed by atoms with E-state index in [1.807, 2.05) is 26.0 Å². The molecule has 3 rings (SSSR count). The summed E-state index contributed by atoms with van der Waals surface area (Å²) in [6, 6.07) is 5.94. The molecule has 0 amide bonds. The fraction of sp³-hybridized carbons (Fsp3) is 0.471. The van der Waals surface area contributed by atoms with Crippen molar-refractivity contribution in [2.75, 3.05) is 17.2 Å². The SMILES string of the molecule is CC1(C)[C@@H](O)C[C@H]1Nc1nc(NCCc2ccco2)ncc1C#N.[HH]. The van der Waals surface area contributed by atoms with Crippen LogP contribution in [0.1, 0.15) is 33.0 Å². The molecule has 0 aromatic carbocycles. The standard InChI is InChI=1S/C17H21N5O2.H2/c1-17(2)13(8-14(17)23)21-15-11(9-18)10-20-16(22-15)19-6-5-12-4-3-7-24-12;/h3-4,7,10,13-14,23H,5-6,8H2,1-2H3,(H2,19,20,21,22);1H/t13-,14+;/m1./s1. The molecule has 0 unspecified atom stereocenters. The Morgan fingerprint density at radius 2 is 2.38 bits per heavy atom. The van der Waals surface area contributed by atoms with Gasteiger partial charge >= 0.3 is 0 Å². The maximum atomic E-state index is 9.85. The van der Waals surface area contributed by atoms with Crippen molar-refractivity contribution in [1.82, 2.24) is 9.97 Å². The van der Waals surface area contributed by atoms with Crippen molar-refractivity contribution in [3.8, 4) is 6.07 Å². The number of nitriles is 1. The first-order valence-corrected chi connectivity index (χ1v) is 7.98. The third kappa shape index (κ3) is 3.19. The van der Waals surface area contributed by atoms with Gasteiger partial charge in [0.2, 0.25) is 5.95 Å². The normalized spacial score (nSPS) is 21.6. The highest BCUT2D eigenvalue weighted by atomic mass is 16.3. The second-order valence-corrected chi connectivity index (χ2v) is 6.59. The van der Waals surface area contributed by atoms with Crippen molar-refractivity contribution in [2.45, 2.75) is 38.8 Å². The Hall–Kier alpha value is -2.59. The summed E-state index contributed by atoms with van der Waals surface area (Å²) in [6.07, 6.45) is 4.18. The Morgan fingerprint density at radius 1 is 1.54 bits per heavy atom. The first kappa shape index (κ1) is 16.3. The third-order valence-electron chi connectivity index (χ3n) is 4.67. The Bertz CT molecular complexity index is 742. The number of aromatic nitrogens is 2. The van der Waals surface area contributed by atoms with Gasteiger partial charge in [0.25, 0.3) is 0 Å². The highest BCUT2D eigenvalue weighted by Crippen LogP contribution is 2.42. The molecule has 2 aromatic rings. The molecule has 0 spiro atoms. The minimum absolute atomic E-state index is 0. The minimum atomic E-state index is -0.340. The zero-order chi connectivity index (χ0) is 17.2. The molecule has 128 valence electrons. The summed E-state index contributed by atoms with van der Waals surface area (Å²) < 4.78 is 5.28. The van der Waals surface area contributed by atoms with Gasteiger partial charge in [-0.1, -0.05) is 13.8 Å². The van der Waals surface area contributed by atoms with Crippen LogP contribution in [0.25, 0.3) is 0 Å². The van der Waals surface area contributed by atoms with Crippen LogP contribution in [0.3, 0.4) is 0 Å². The van der Waals surface area contributed by atoms with E-state index >= 15 is 0 Å². The van der Waals surface area contributed by atoms with Crippen molar-refractivity contribution in [3.05, 3.63) is 35.9 Å². The average Bonchev–Trinajstić information content (AvgIpc) is 3.08. The molecular formula is C17H23N5O2. The Balaban J connectivity index is 0.00000225. The molecule has 1 aliphatic carbocycles. The van der Waals surface area contributed by atoms with E-state index in [2.05, 4.69) is 26.7 Å². The number of aliphatic hydroxyl groups excluding tert-OH is 1. The van der Waals surface area contributed by atoms with Gasteiger partial charge < -0.3 is 20.2 Å². The number of hydrogen-bond donors (Lipinski definition) is 3. The summed E-state index contributed by atoms with van der Waals surface area (Å²) in [5, 5.41) is 25.5. The number of nitrogens with one attached hydrogen (secondary N) is 2. The number of furan rings is 1. The molecule has 0 bridgehead atoms. The number of aliphatic hydroxyl groups is 1. The molecule has 7 nitrogen and oxygen atoms in total. The smallest absolute Gasteiger partial charge is 0.224 e. The van der Waals surface area contributed by atoms with Crippen LogP contribution < -0.4 is 10.6 Å². The second kappa shape index (κ2) is 6.49. The average molecular weight is 329 g/mol. The molecule has 0 saturated heterocycles. The zero-order valence-corrected chi connectivity index (χ0v) is 13.8. The summed E-state index contributed by atoms with van der Waals surface area (Å²) >= 11 is 0. The molecule has 2 aromatic heterocycles. The Morgan fingerprint density at radius 3 is 3.00 bits per heavy atom. The topological polar surface area (TPSA) is 107 Å². The number of rotatable bonds is 6. The van der Waals surface area contributed by atoms with Crippen molar-refractivity contribution in [2.24, 2.45) is 5.41 Å². The van der Waals surface area contributed by atoms with Crippen LogP contribution >= 0.6 is 0 Å². The number of nitrogens with zero attached hydrogens (tertiary/aromatic N) is 3.